The first-order valence-electron chi connectivity index (χ1n) is 32.9. The lowest BCUT2D eigenvalue weighted by Crippen LogP contribution is -2.32. The zero-order valence-electron chi connectivity index (χ0n) is 59.4. The van der Waals surface area contributed by atoms with Crippen LogP contribution in [0.5, 0.6) is 17.2 Å². The first kappa shape index (κ1) is 97.2. The molecule has 20 N–H and O–H groups in total. The Morgan fingerprint density at radius 2 is 0.577 bits per heavy atom. The van der Waals surface area contributed by atoms with Gasteiger partial charge in [-0.05, 0) is 136 Å². The van der Waals surface area contributed by atoms with Gasteiger partial charge in [0.1, 0.15) is 87.4 Å². The van der Waals surface area contributed by atoms with Crippen molar-refractivity contribution in [3.05, 3.63) is 123 Å². The normalized spacial score (nSPS) is 12.6. The Labute approximate surface area is 634 Å². The fourth-order valence-corrected chi connectivity index (χ4v) is 17.1. The van der Waals surface area contributed by atoms with Gasteiger partial charge in [-0.25, -0.2) is 0 Å². The van der Waals surface area contributed by atoms with Gasteiger partial charge in [0.15, 0.2) is 23.1 Å². The van der Waals surface area contributed by atoms with Gasteiger partial charge in [-0.15, -0.1) is 0 Å². The van der Waals surface area contributed by atoms with Crippen LogP contribution < -0.4 is 35.5 Å². The highest BCUT2D eigenvalue weighted by Crippen LogP contribution is 2.44. The van der Waals surface area contributed by atoms with Gasteiger partial charge < -0.3 is 114 Å². The second kappa shape index (κ2) is 44.1. The molecule has 4 aromatic carbocycles. The number of carbonyl (C=O) groups excluding carboxylic acids is 8. The quantitative estimate of drug-likeness (QED) is 0.0219. The fourth-order valence-electron chi connectivity index (χ4n) is 10.4. The molecule has 0 fully saturated rings. The summed E-state index contributed by atoms with van der Waals surface area (Å²) in [6.45, 7) is -3.55. The van der Waals surface area contributed by atoms with Crippen LogP contribution in [0.25, 0.3) is 0 Å². The molecule has 0 radical (unpaired) electrons. The first-order valence-corrected chi connectivity index (χ1v) is 47.3. The SMILES string of the molecule is Cc1ccc(OCc2cc(OCc3cc(C(=O)CNC(=O)CCCN(CP(=O)(O)O)CP(=O)(O)O)cc(C(=O)NCC(=O)CCCN(CP(=O)(O)O)CP(=O)(O)O)c3)cc(OCc3cc(C(=O)CNC(=O)CCCN(CP(=O)(O)O)CP(=O)(O)O)cc(C(=O)NCC(=O)CCCN(CP(=O)(O)O)CP(=O)(O)O)c3)c2)cc1. The largest absolute Gasteiger partial charge is 0.489 e. The average molecular weight is 1730 g/mol. The summed E-state index contributed by atoms with van der Waals surface area (Å²) in [7, 11) is -38.5. The number of amides is 4. The van der Waals surface area contributed by atoms with Gasteiger partial charge in [-0.1, -0.05) is 17.7 Å². The van der Waals surface area contributed by atoms with Crippen molar-refractivity contribution in [2.75, 3.05) is 103 Å². The first-order chi connectivity index (χ1) is 51.1. The predicted octanol–water partition coefficient (Wildman–Crippen LogP) is 1.34. The molecule has 0 heterocycles. The molecule has 0 aromatic heterocycles. The molecule has 0 aliphatic heterocycles. The molecule has 4 rings (SSSR count). The van der Waals surface area contributed by atoms with Crippen LogP contribution in [-0.2, 0) is 75.5 Å². The number of hydrogen-bond acceptors (Lipinski definition) is 23. The fraction of sp³-hybridized carbons (Fsp3) is 0.467. The highest BCUT2D eigenvalue weighted by molar-refractivity contribution is 7.54. The Hall–Kier alpha value is -6.12. The topological polar surface area (TPSA) is 686 Å². The summed E-state index contributed by atoms with van der Waals surface area (Å²) < 4.78 is 112. The number of rotatable bonds is 53. The van der Waals surface area contributed by atoms with Crippen molar-refractivity contribution in [2.45, 2.75) is 78.1 Å². The maximum Gasteiger partial charge on any atom is 0.339 e. The Bertz CT molecular complexity index is 3770. The van der Waals surface area contributed by atoms with E-state index in [2.05, 4.69) is 21.3 Å². The molecular weight excluding hydrogens is 1640 g/mol. The predicted molar refractivity (Wildman–Crippen MR) is 392 cm³/mol. The average Bonchev–Trinajstić information content (AvgIpc) is 0.831. The number of hydrogen-bond donors (Lipinski definition) is 20. The van der Waals surface area contributed by atoms with Crippen LogP contribution in [0.2, 0.25) is 0 Å². The van der Waals surface area contributed by atoms with Gasteiger partial charge in [0.25, 0.3) is 11.8 Å². The summed E-state index contributed by atoms with van der Waals surface area (Å²) in [5.41, 5.74) is 0.480. The summed E-state index contributed by atoms with van der Waals surface area (Å²) in [5.74, 6) is -5.99. The summed E-state index contributed by atoms with van der Waals surface area (Å²) >= 11 is 0. The molecule has 620 valence electrons. The zero-order chi connectivity index (χ0) is 83.5. The third-order valence-electron chi connectivity index (χ3n) is 14.8. The third kappa shape index (κ3) is 44.9. The van der Waals surface area contributed by atoms with Crippen LogP contribution in [0.3, 0.4) is 0 Å². The molecule has 0 saturated heterocycles. The summed E-state index contributed by atoms with van der Waals surface area (Å²) in [4.78, 5) is 261. The van der Waals surface area contributed by atoms with Gasteiger partial charge in [-0.3, -0.25) is 94.5 Å². The minimum absolute atomic E-state index is 0.0212. The monoisotopic (exact) mass is 1730 g/mol. The number of benzene rings is 4. The van der Waals surface area contributed by atoms with E-state index >= 15 is 0 Å². The molecular formula is C60H90N8O35P8. The number of nitrogens with zero attached hydrogens (tertiary/aromatic N) is 4. The van der Waals surface area contributed by atoms with Crippen LogP contribution in [0, 0.1) is 6.92 Å². The van der Waals surface area contributed by atoms with Crippen molar-refractivity contribution in [1.82, 2.24) is 40.9 Å². The summed E-state index contributed by atoms with van der Waals surface area (Å²) in [6.07, 6.45) is -10.6. The Morgan fingerprint density at radius 1 is 0.315 bits per heavy atom. The molecule has 43 nitrogen and oxygen atoms in total. The van der Waals surface area contributed by atoms with Gasteiger partial charge in [0, 0.05) is 54.0 Å². The lowest BCUT2D eigenvalue weighted by molar-refractivity contribution is -0.121. The van der Waals surface area contributed by atoms with E-state index in [0.717, 1.165) is 37.3 Å². The second-order valence-corrected chi connectivity index (χ2v) is 38.5. The Balaban J connectivity index is 1.69. The van der Waals surface area contributed by atoms with Crippen molar-refractivity contribution in [1.29, 1.82) is 0 Å². The van der Waals surface area contributed by atoms with Crippen molar-refractivity contribution < 1.29 is 167 Å². The van der Waals surface area contributed by atoms with E-state index in [1.165, 1.54) is 42.5 Å². The number of nitrogens with one attached hydrogen (secondary N) is 4. The number of aryl methyl sites for hydroxylation is 1. The molecule has 111 heavy (non-hydrogen) atoms. The molecule has 0 unspecified atom stereocenters. The van der Waals surface area contributed by atoms with Crippen molar-refractivity contribution in [3.63, 3.8) is 0 Å². The van der Waals surface area contributed by atoms with Crippen molar-refractivity contribution in [3.8, 4) is 17.2 Å². The molecule has 0 atom stereocenters. The lowest BCUT2D eigenvalue weighted by atomic mass is 10.0. The Kier molecular flexibility index (Phi) is 38.6. The van der Waals surface area contributed by atoms with Crippen LogP contribution in [-0.4, -0.2) is 247 Å². The van der Waals surface area contributed by atoms with Gasteiger partial charge in [0.05, 0.1) is 26.2 Å². The van der Waals surface area contributed by atoms with E-state index in [-0.39, 0.29) is 116 Å². The minimum Gasteiger partial charge on any atom is -0.489 e. The van der Waals surface area contributed by atoms with Crippen LogP contribution >= 0.6 is 60.8 Å². The van der Waals surface area contributed by atoms with E-state index in [1.807, 2.05) is 6.92 Å². The van der Waals surface area contributed by atoms with Gasteiger partial charge >= 0.3 is 60.8 Å². The van der Waals surface area contributed by atoms with Crippen LogP contribution in [0.4, 0.5) is 0 Å². The minimum atomic E-state index is -4.82. The molecule has 0 aliphatic rings. The van der Waals surface area contributed by atoms with E-state index < -0.39 is 210 Å². The zero-order valence-corrected chi connectivity index (χ0v) is 66.5. The number of carbonyl (C=O) groups is 8. The van der Waals surface area contributed by atoms with Crippen molar-refractivity contribution in [2.24, 2.45) is 0 Å². The number of ketones is 4. The van der Waals surface area contributed by atoms with Crippen LogP contribution in [0.1, 0.15) is 115 Å². The van der Waals surface area contributed by atoms with Gasteiger partial charge in [0.2, 0.25) is 11.8 Å². The highest BCUT2D eigenvalue weighted by Gasteiger charge is 2.31. The molecule has 0 saturated carbocycles. The maximum atomic E-state index is 13.9. The van der Waals surface area contributed by atoms with E-state index in [9.17, 15) is 153 Å². The van der Waals surface area contributed by atoms with Crippen molar-refractivity contribution >= 4 is 108 Å². The second-order valence-electron chi connectivity index (χ2n) is 25.6. The molecule has 0 bridgehead atoms. The smallest absolute Gasteiger partial charge is 0.339 e. The number of Topliss-reactive ketones (excluding diaryl/α,β-unsaturated/α-hetero) is 4. The molecule has 0 spiro atoms. The number of ether oxygens (including phenoxy) is 3. The maximum absolute atomic E-state index is 13.9. The molecule has 0 aliphatic carbocycles. The third-order valence-corrected chi connectivity index (χ3v) is 21.0. The van der Waals surface area contributed by atoms with Crippen LogP contribution in [0.15, 0.2) is 78.9 Å². The molecule has 4 aromatic rings. The van der Waals surface area contributed by atoms with Gasteiger partial charge in [-0.2, -0.15) is 0 Å². The summed E-state index contributed by atoms with van der Waals surface area (Å²) in [5, 5.41) is 9.51. The molecule has 51 heteroatoms. The highest BCUT2D eigenvalue weighted by atomic mass is 31.2. The lowest BCUT2D eigenvalue weighted by Gasteiger charge is -2.22. The van der Waals surface area contributed by atoms with E-state index in [1.54, 1.807) is 24.3 Å². The standard InChI is InChI=1S/C60H90N8O35P8/c1-42-10-12-52(13-11-42)101-33-45-22-53(102-31-43-18-46(55(71)29-61-57(73)8-4-16-67(38-108(89,90)91)39-109(92,93)94)24-48(20-43)59(75)63-27-50(69)6-2-14-65(34-104(77,78)79)35-105(80,81)82)26-54(23-45)103-32-44-19-47(56(72)30-62-58(74)9-5-17-68(40-110(95,96)97)41-111(98,99)100)25-49(21-44)60(76)64-28-51(70)7-3-15-66(36-106(83,84)85)37-107(86,87)88/h10-13,18-26H,2-9,14-17,27-41H2,1H3,(H,61,73)(H,62,74)(H,63,75)(H,64,76)(H2,77,78,79)(H2,80,81,82)(H2,83,84,85)(H2,86,87,88)(H2,89,90,91)(H2,92,93,94)(H2,95,96,97)(H2,98,99,100). The van der Waals surface area contributed by atoms with E-state index in [0.29, 0.717) is 11.3 Å². The molecule has 4 amide bonds. The van der Waals surface area contributed by atoms with E-state index in [4.69, 9.17) is 14.2 Å². The summed E-state index contributed by atoms with van der Waals surface area (Å²) in [6, 6.07) is 18.6. The Morgan fingerprint density at radius 3 is 0.865 bits per heavy atom.